The van der Waals surface area contributed by atoms with Crippen LogP contribution in [0.4, 0.5) is 10.1 Å². The molecule has 1 heterocycles. The molecule has 2 aromatic carbocycles. The molecular formula is C19H19FN2O3S. The highest BCUT2D eigenvalue weighted by Crippen LogP contribution is 2.25. The Kier molecular flexibility index (Phi) is 5.08. The molecule has 5 nitrogen and oxygen atoms in total. The van der Waals surface area contributed by atoms with E-state index < -0.39 is 9.84 Å². The van der Waals surface area contributed by atoms with Crippen LogP contribution in [0.3, 0.4) is 0 Å². The van der Waals surface area contributed by atoms with Crippen molar-refractivity contribution in [3.8, 4) is 5.75 Å². The van der Waals surface area contributed by atoms with Crippen LogP contribution in [0.2, 0.25) is 0 Å². The quantitative estimate of drug-likeness (QED) is 0.668. The number of hydrogen-bond donors (Lipinski definition) is 1. The maximum atomic E-state index is 13.9. The Morgan fingerprint density at radius 1 is 1.15 bits per heavy atom. The van der Waals surface area contributed by atoms with Gasteiger partial charge in [0.1, 0.15) is 23.7 Å². The lowest BCUT2D eigenvalue weighted by atomic mass is 10.1. The second-order valence-corrected chi connectivity index (χ2v) is 7.98. The van der Waals surface area contributed by atoms with Gasteiger partial charge in [0.25, 0.3) is 0 Å². The molecule has 0 aliphatic carbocycles. The zero-order valence-electron chi connectivity index (χ0n) is 14.5. The summed E-state index contributed by atoms with van der Waals surface area (Å²) in [5, 5.41) is 3.95. The highest BCUT2D eigenvalue weighted by Gasteiger charge is 2.08. The van der Waals surface area contributed by atoms with Crippen LogP contribution in [0.1, 0.15) is 5.69 Å². The summed E-state index contributed by atoms with van der Waals surface area (Å²) < 4.78 is 42.4. The van der Waals surface area contributed by atoms with Crippen LogP contribution < -0.4 is 10.1 Å². The zero-order chi connectivity index (χ0) is 18.7. The van der Waals surface area contributed by atoms with Gasteiger partial charge in [-0.3, -0.25) is 0 Å². The molecule has 0 aliphatic rings. The first-order valence-corrected chi connectivity index (χ1v) is 9.96. The fourth-order valence-corrected chi connectivity index (χ4v) is 3.26. The molecule has 0 unspecified atom stereocenters. The van der Waals surface area contributed by atoms with E-state index in [1.54, 1.807) is 18.2 Å². The molecule has 0 bridgehead atoms. The third kappa shape index (κ3) is 4.11. The predicted octanol–water partition coefficient (Wildman–Crippen LogP) is 3.58. The van der Waals surface area contributed by atoms with Crippen molar-refractivity contribution in [1.29, 1.82) is 0 Å². The summed E-state index contributed by atoms with van der Waals surface area (Å²) in [6, 6.07) is 13.0. The van der Waals surface area contributed by atoms with Gasteiger partial charge in [0.05, 0.1) is 4.90 Å². The van der Waals surface area contributed by atoms with Crippen LogP contribution >= 0.6 is 0 Å². The second-order valence-electron chi connectivity index (χ2n) is 5.97. The fraction of sp³-hybridized carbons (Fsp3) is 0.211. The Morgan fingerprint density at radius 2 is 1.88 bits per heavy atom. The van der Waals surface area contributed by atoms with Gasteiger partial charge < -0.3 is 10.1 Å². The first-order valence-electron chi connectivity index (χ1n) is 8.07. The highest BCUT2D eigenvalue weighted by atomic mass is 32.2. The van der Waals surface area contributed by atoms with Crippen molar-refractivity contribution in [2.75, 3.05) is 24.7 Å². The van der Waals surface area contributed by atoms with Crippen molar-refractivity contribution in [3.63, 3.8) is 0 Å². The van der Waals surface area contributed by atoms with Crippen LogP contribution in [0.5, 0.6) is 5.75 Å². The SMILES string of the molecule is Cc1cc(NCCOc2ccc(S(C)(=O)=O)cc2)c2cccc(F)c2n1. The van der Waals surface area contributed by atoms with E-state index in [4.69, 9.17) is 4.74 Å². The van der Waals surface area contributed by atoms with Crippen molar-refractivity contribution in [2.45, 2.75) is 11.8 Å². The number of ether oxygens (including phenoxy) is 1. The van der Waals surface area contributed by atoms with Gasteiger partial charge in [0, 0.05) is 29.6 Å². The lowest BCUT2D eigenvalue weighted by Gasteiger charge is -2.12. The Hall–Kier alpha value is -2.67. The summed E-state index contributed by atoms with van der Waals surface area (Å²) in [7, 11) is -3.21. The van der Waals surface area contributed by atoms with Crippen molar-refractivity contribution < 1.29 is 17.5 Å². The molecular weight excluding hydrogens is 355 g/mol. The number of nitrogens with one attached hydrogen (secondary N) is 1. The number of aromatic nitrogens is 1. The van der Waals surface area contributed by atoms with E-state index in [-0.39, 0.29) is 10.7 Å². The van der Waals surface area contributed by atoms with Crippen LogP contribution in [0, 0.1) is 12.7 Å². The third-order valence-corrected chi connectivity index (χ3v) is 4.98. The van der Waals surface area contributed by atoms with Crippen LogP contribution in [0.15, 0.2) is 53.4 Å². The van der Waals surface area contributed by atoms with Crippen molar-refractivity contribution >= 4 is 26.4 Å². The Labute approximate surface area is 151 Å². The van der Waals surface area contributed by atoms with Gasteiger partial charge in [-0.05, 0) is 43.3 Å². The van der Waals surface area contributed by atoms with E-state index in [9.17, 15) is 12.8 Å². The topological polar surface area (TPSA) is 68.3 Å². The molecule has 26 heavy (non-hydrogen) atoms. The first-order chi connectivity index (χ1) is 12.3. The van der Waals surface area contributed by atoms with E-state index in [1.807, 2.05) is 19.1 Å². The van der Waals surface area contributed by atoms with E-state index >= 15 is 0 Å². The highest BCUT2D eigenvalue weighted by molar-refractivity contribution is 7.90. The minimum Gasteiger partial charge on any atom is -0.492 e. The number of sulfone groups is 1. The minimum atomic E-state index is -3.21. The zero-order valence-corrected chi connectivity index (χ0v) is 15.3. The van der Waals surface area contributed by atoms with Gasteiger partial charge in [0.15, 0.2) is 9.84 Å². The number of anilines is 1. The maximum Gasteiger partial charge on any atom is 0.175 e. The minimum absolute atomic E-state index is 0.253. The normalized spacial score (nSPS) is 11.5. The van der Waals surface area contributed by atoms with Gasteiger partial charge in [0.2, 0.25) is 0 Å². The lowest BCUT2D eigenvalue weighted by molar-refractivity contribution is 0.332. The van der Waals surface area contributed by atoms with E-state index in [1.165, 1.54) is 18.2 Å². The number of rotatable bonds is 6. The van der Waals surface area contributed by atoms with E-state index in [2.05, 4.69) is 10.3 Å². The Bertz CT molecular complexity index is 1030. The third-order valence-electron chi connectivity index (χ3n) is 3.86. The summed E-state index contributed by atoms with van der Waals surface area (Å²) in [4.78, 5) is 4.50. The summed E-state index contributed by atoms with van der Waals surface area (Å²) in [6.07, 6.45) is 1.16. The molecule has 0 saturated heterocycles. The van der Waals surface area contributed by atoms with Crippen LogP contribution in [-0.4, -0.2) is 32.8 Å². The first kappa shape index (κ1) is 18.1. The Morgan fingerprint density at radius 3 is 2.58 bits per heavy atom. The molecule has 0 saturated carbocycles. The summed E-state index contributed by atoms with van der Waals surface area (Å²) in [6.45, 7) is 2.69. The number of fused-ring (bicyclic) bond motifs is 1. The van der Waals surface area contributed by atoms with Crippen molar-refractivity contribution in [1.82, 2.24) is 4.98 Å². The standard InChI is InChI=1S/C19H19FN2O3S/c1-13-12-18(16-4-3-5-17(20)19(16)22-13)21-10-11-25-14-6-8-15(9-7-14)26(2,23)24/h3-9,12H,10-11H2,1-2H3,(H,21,22). The number of aryl methyl sites for hydroxylation is 1. The number of halogens is 1. The molecule has 0 amide bonds. The van der Waals surface area contributed by atoms with Gasteiger partial charge in [-0.1, -0.05) is 12.1 Å². The van der Waals surface area contributed by atoms with E-state index in [0.29, 0.717) is 29.8 Å². The van der Waals surface area contributed by atoms with Crippen LogP contribution in [-0.2, 0) is 9.84 Å². The van der Waals surface area contributed by atoms with E-state index in [0.717, 1.165) is 17.6 Å². The second kappa shape index (κ2) is 7.29. The number of hydrogen-bond acceptors (Lipinski definition) is 5. The van der Waals surface area contributed by atoms with Gasteiger partial charge >= 0.3 is 0 Å². The molecule has 0 spiro atoms. The molecule has 0 radical (unpaired) electrons. The van der Waals surface area contributed by atoms with Crippen molar-refractivity contribution in [2.24, 2.45) is 0 Å². The monoisotopic (exact) mass is 374 g/mol. The molecule has 7 heteroatoms. The average Bonchev–Trinajstić information content (AvgIpc) is 2.59. The van der Waals surface area contributed by atoms with Gasteiger partial charge in [-0.2, -0.15) is 0 Å². The molecule has 3 rings (SSSR count). The summed E-state index contributed by atoms with van der Waals surface area (Å²) in [5.74, 6) is 0.234. The Balaban J connectivity index is 1.64. The average molecular weight is 374 g/mol. The summed E-state index contributed by atoms with van der Waals surface area (Å²) in [5.41, 5.74) is 1.86. The number of benzene rings is 2. The maximum absolute atomic E-state index is 13.9. The molecule has 136 valence electrons. The smallest absolute Gasteiger partial charge is 0.175 e. The number of para-hydroxylation sites is 1. The number of pyridine rings is 1. The fourth-order valence-electron chi connectivity index (χ4n) is 2.63. The molecule has 1 N–H and O–H groups in total. The van der Waals surface area contributed by atoms with Crippen molar-refractivity contribution in [3.05, 3.63) is 60.0 Å². The predicted molar refractivity (Wildman–Crippen MR) is 100.0 cm³/mol. The van der Waals surface area contributed by atoms with Gasteiger partial charge in [-0.15, -0.1) is 0 Å². The summed E-state index contributed by atoms with van der Waals surface area (Å²) >= 11 is 0. The lowest BCUT2D eigenvalue weighted by Crippen LogP contribution is -2.12. The molecule has 3 aromatic rings. The molecule has 1 aromatic heterocycles. The number of nitrogens with zero attached hydrogens (tertiary/aromatic N) is 1. The molecule has 0 aliphatic heterocycles. The molecule has 0 fully saturated rings. The largest absolute Gasteiger partial charge is 0.492 e. The van der Waals surface area contributed by atoms with Crippen LogP contribution in [0.25, 0.3) is 10.9 Å². The molecule has 0 atom stereocenters. The van der Waals surface area contributed by atoms with Gasteiger partial charge in [-0.25, -0.2) is 17.8 Å².